The number of rotatable bonds is 4. The van der Waals surface area contributed by atoms with Crippen LogP contribution in [-0.4, -0.2) is 35.0 Å². The molecular weight excluding hydrogens is 381 g/mol. The Labute approximate surface area is 166 Å². The van der Waals surface area contributed by atoms with Crippen LogP contribution in [0.3, 0.4) is 0 Å². The van der Waals surface area contributed by atoms with Crippen molar-refractivity contribution in [3.05, 3.63) is 58.6 Å². The number of nitrogens with zero attached hydrogens (tertiary/aromatic N) is 3. The molecule has 1 atom stereocenters. The third-order valence-electron chi connectivity index (χ3n) is 4.90. The van der Waals surface area contributed by atoms with Gasteiger partial charge in [-0.2, -0.15) is 0 Å². The summed E-state index contributed by atoms with van der Waals surface area (Å²) in [6, 6.07) is 10.3. The number of benzene rings is 2. The van der Waals surface area contributed by atoms with E-state index in [1.165, 1.54) is 6.07 Å². The molecule has 1 aromatic heterocycles. The molecule has 0 aliphatic carbocycles. The Morgan fingerprint density at radius 2 is 2.14 bits per heavy atom. The molecule has 8 heteroatoms. The van der Waals surface area contributed by atoms with Crippen molar-refractivity contribution in [1.82, 2.24) is 9.97 Å². The number of fused-ring (bicyclic) bond motifs is 1. The first kappa shape index (κ1) is 18.4. The highest BCUT2D eigenvalue weighted by atomic mass is 35.5. The quantitative estimate of drug-likeness (QED) is 0.701. The monoisotopic (exact) mass is 399 g/mol. The molecule has 1 aliphatic heterocycles. The van der Waals surface area contributed by atoms with Gasteiger partial charge in [-0.3, -0.25) is 4.79 Å². The van der Waals surface area contributed by atoms with Crippen molar-refractivity contribution in [2.24, 2.45) is 5.73 Å². The van der Waals surface area contributed by atoms with E-state index < -0.39 is 11.7 Å². The molecule has 1 aliphatic rings. The Kier molecular flexibility index (Phi) is 4.77. The number of aromatic nitrogens is 2. The van der Waals surface area contributed by atoms with Gasteiger partial charge in [0.25, 0.3) is 5.91 Å². The predicted octanol–water partition coefficient (Wildman–Crippen LogP) is 3.52. The average molecular weight is 400 g/mol. The summed E-state index contributed by atoms with van der Waals surface area (Å²) in [6.07, 6.45) is 0.865. The Balaban J connectivity index is 1.60. The molecule has 1 saturated heterocycles. The summed E-state index contributed by atoms with van der Waals surface area (Å²) < 4.78 is 13.8. The fourth-order valence-corrected chi connectivity index (χ4v) is 3.68. The minimum absolute atomic E-state index is 0.116. The molecule has 1 amide bonds. The Morgan fingerprint density at radius 1 is 1.32 bits per heavy atom. The summed E-state index contributed by atoms with van der Waals surface area (Å²) in [5.74, 6) is 0.275. The van der Waals surface area contributed by atoms with Gasteiger partial charge in [-0.15, -0.1) is 0 Å². The van der Waals surface area contributed by atoms with E-state index >= 15 is 0 Å². The lowest BCUT2D eigenvalue weighted by atomic mass is 10.1. The van der Waals surface area contributed by atoms with Crippen molar-refractivity contribution < 1.29 is 9.18 Å². The lowest BCUT2D eigenvalue weighted by Crippen LogP contribution is -2.26. The fraction of sp³-hybridized carbons (Fsp3) is 0.250. The van der Waals surface area contributed by atoms with E-state index in [-0.39, 0.29) is 11.1 Å². The summed E-state index contributed by atoms with van der Waals surface area (Å²) >= 11 is 5.78. The Morgan fingerprint density at radius 3 is 2.89 bits per heavy atom. The van der Waals surface area contributed by atoms with E-state index in [4.69, 9.17) is 17.3 Å². The zero-order valence-electron chi connectivity index (χ0n) is 15.2. The number of carbonyl (C=O) groups excluding carboxylic acids is 1. The fourth-order valence-electron chi connectivity index (χ4n) is 3.56. The molecular formula is C20H19ClFN5O. The minimum Gasteiger partial charge on any atom is -0.369 e. The van der Waals surface area contributed by atoms with Crippen molar-refractivity contribution in [1.29, 1.82) is 0 Å². The third-order valence-corrected chi connectivity index (χ3v) is 5.21. The van der Waals surface area contributed by atoms with Crippen LogP contribution in [0.4, 0.5) is 15.9 Å². The van der Waals surface area contributed by atoms with Crippen molar-refractivity contribution in [3.63, 3.8) is 0 Å². The molecule has 3 aromatic rings. The summed E-state index contributed by atoms with van der Waals surface area (Å²) in [7, 11) is 0. The maximum absolute atomic E-state index is 13.8. The number of carbonyl (C=O) groups is 1. The third kappa shape index (κ3) is 3.45. The molecule has 0 saturated carbocycles. The molecule has 2 aromatic carbocycles. The summed E-state index contributed by atoms with van der Waals surface area (Å²) in [6.45, 7) is 3.26. The highest BCUT2D eigenvalue weighted by Gasteiger charge is 2.24. The zero-order chi connectivity index (χ0) is 19.8. The van der Waals surface area contributed by atoms with Gasteiger partial charge in [-0.1, -0.05) is 17.7 Å². The van der Waals surface area contributed by atoms with Gasteiger partial charge < -0.3 is 16.0 Å². The number of aryl methyl sites for hydroxylation is 1. The van der Waals surface area contributed by atoms with E-state index in [2.05, 4.69) is 20.2 Å². The molecule has 144 valence electrons. The van der Waals surface area contributed by atoms with Gasteiger partial charge in [0.05, 0.1) is 16.1 Å². The van der Waals surface area contributed by atoms with Gasteiger partial charge in [0.15, 0.2) is 0 Å². The van der Waals surface area contributed by atoms with Gasteiger partial charge in [-0.05, 0) is 43.7 Å². The maximum Gasteiger partial charge on any atom is 0.250 e. The number of hydrogen-bond donors (Lipinski definition) is 2. The van der Waals surface area contributed by atoms with Crippen molar-refractivity contribution >= 4 is 39.9 Å². The number of hydrogen-bond acceptors (Lipinski definition) is 5. The number of primary amides is 1. The van der Waals surface area contributed by atoms with Crippen LogP contribution in [0, 0.1) is 12.7 Å². The van der Waals surface area contributed by atoms with Crippen LogP contribution in [0.5, 0.6) is 0 Å². The second kappa shape index (κ2) is 7.24. The normalized spacial score (nSPS) is 16.5. The molecule has 4 rings (SSSR count). The van der Waals surface area contributed by atoms with Crippen molar-refractivity contribution in [2.75, 3.05) is 23.3 Å². The van der Waals surface area contributed by atoms with Gasteiger partial charge in [0.2, 0.25) is 0 Å². The van der Waals surface area contributed by atoms with Gasteiger partial charge in [-0.25, -0.2) is 14.4 Å². The zero-order valence-corrected chi connectivity index (χ0v) is 16.0. The highest BCUT2D eigenvalue weighted by Crippen LogP contribution is 2.28. The largest absolute Gasteiger partial charge is 0.369 e. The van der Waals surface area contributed by atoms with Crippen LogP contribution in [0.2, 0.25) is 5.02 Å². The average Bonchev–Trinajstić information content (AvgIpc) is 3.12. The standard InChI is InChI=1S/C20H19ClFN5O/c1-11-24-18-14(19(23)28)3-2-4-15(18)20(25-11)26-12-7-8-27(10-12)13-5-6-16(21)17(22)9-13/h2-6,9,12H,7-8,10H2,1H3,(H2,23,28)(H,24,25,26). The van der Waals surface area contributed by atoms with Crippen LogP contribution >= 0.6 is 11.6 Å². The van der Waals surface area contributed by atoms with E-state index in [1.807, 2.05) is 12.1 Å². The lowest BCUT2D eigenvalue weighted by molar-refractivity contribution is 0.100. The van der Waals surface area contributed by atoms with Crippen LogP contribution < -0.4 is 16.0 Å². The van der Waals surface area contributed by atoms with Crippen LogP contribution in [-0.2, 0) is 0 Å². The second-order valence-electron chi connectivity index (χ2n) is 6.86. The van der Waals surface area contributed by atoms with Crippen LogP contribution in [0.15, 0.2) is 36.4 Å². The molecule has 1 fully saturated rings. The van der Waals surface area contributed by atoms with E-state index in [0.29, 0.717) is 29.3 Å². The highest BCUT2D eigenvalue weighted by molar-refractivity contribution is 6.30. The molecule has 2 heterocycles. The second-order valence-corrected chi connectivity index (χ2v) is 7.27. The number of nitrogens with two attached hydrogens (primary N) is 1. The SMILES string of the molecule is Cc1nc(NC2CCN(c3ccc(Cl)c(F)c3)C2)c2cccc(C(N)=O)c2n1. The number of amides is 1. The summed E-state index contributed by atoms with van der Waals surface area (Å²) in [4.78, 5) is 22.7. The molecule has 1 unspecified atom stereocenters. The van der Waals surface area contributed by atoms with E-state index in [1.54, 1.807) is 25.1 Å². The predicted molar refractivity (Wildman–Crippen MR) is 108 cm³/mol. The van der Waals surface area contributed by atoms with E-state index in [9.17, 15) is 9.18 Å². The van der Waals surface area contributed by atoms with Crippen LogP contribution in [0.1, 0.15) is 22.6 Å². The van der Waals surface area contributed by atoms with Gasteiger partial charge in [0, 0.05) is 30.2 Å². The topological polar surface area (TPSA) is 84.1 Å². The molecule has 28 heavy (non-hydrogen) atoms. The summed E-state index contributed by atoms with van der Waals surface area (Å²) in [5.41, 5.74) is 7.19. The molecule has 0 spiro atoms. The summed E-state index contributed by atoms with van der Waals surface area (Å²) in [5, 5.41) is 4.32. The first-order chi connectivity index (χ1) is 13.4. The Bertz CT molecular complexity index is 1070. The van der Waals surface area contributed by atoms with Crippen LogP contribution in [0.25, 0.3) is 10.9 Å². The smallest absolute Gasteiger partial charge is 0.250 e. The molecule has 0 radical (unpaired) electrons. The number of nitrogens with one attached hydrogen (secondary N) is 1. The lowest BCUT2D eigenvalue weighted by Gasteiger charge is -2.20. The molecule has 0 bridgehead atoms. The first-order valence-electron chi connectivity index (χ1n) is 8.96. The Hall–Kier alpha value is -2.93. The maximum atomic E-state index is 13.8. The minimum atomic E-state index is -0.522. The van der Waals surface area contributed by atoms with Crippen molar-refractivity contribution in [2.45, 2.75) is 19.4 Å². The van der Waals surface area contributed by atoms with Gasteiger partial charge >= 0.3 is 0 Å². The van der Waals surface area contributed by atoms with E-state index in [0.717, 1.165) is 24.0 Å². The number of anilines is 2. The molecule has 6 nitrogen and oxygen atoms in total. The number of halogens is 2. The molecule has 3 N–H and O–H groups in total. The first-order valence-corrected chi connectivity index (χ1v) is 9.34. The van der Waals surface area contributed by atoms with Gasteiger partial charge in [0.1, 0.15) is 17.5 Å². The van der Waals surface area contributed by atoms with Crippen molar-refractivity contribution in [3.8, 4) is 0 Å². The number of para-hydroxylation sites is 1.